The summed E-state index contributed by atoms with van der Waals surface area (Å²) in [6.45, 7) is 5.11. The Labute approximate surface area is 117 Å². The Morgan fingerprint density at radius 3 is 2.76 bits per heavy atom. The largest absolute Gasteiger partial charge is 0.493 e. The maximum Gasteiger partial charge on any atom is 0.130 e. The lowest BCUT2D eigenvalue weighted by Gasteiger charge is -2.11. The summed E-state index contributed by atoms with van der Waals surface area (Å²) >= 11 is 8.41. The molecule has 1 aromatic carbocycles. The van der Waals surface area contributed by atoms with Gasteiger partial charge < -0.3 is 10.5 Å². The molecule has 4 heteroatoms. The van der Waals surface area contributed by atoms with Gasteiger partial charge in [0.15, 0.2) is 0 Å². The van der Waals surface area contributed by atoms with E-state index >= 15 is 0 Å². The standard InChI is InChI=1S/C13H18BrNOS/c1-9(2)4-3-7-16-12-8-10(14)5-6-11(12)13(15)17/h5-6,8-9H,3-4,7H2,1-2H3,(H2,15,17). The highest BCUT2D eigenvalue weighted by Crippen LogP contribution is 2.24. The minimum absolute atomic E-state index is 0.372. The molecule has 0 aliphatic carbocycles. The second-order valence-electron chi connectivity index (χ2n) is 4.39. The van der Waals surface area contributed by atoms with E-state index in [0.29, 0.717) is 17.5 Å². The highest BCUT2D eigenvalue weighted by Gasteiger charge is 2.07. The van der Waals surface area contributed by atoms with Crippen LogP contribution >= 0.6 is 28.1 Å². The molecule has 0 unspecified atom stereocenters. The summed E-state index contributed by atoms with van der Waals surface area (Å²) in [6, 6.07) is 5.70. The van der Waals surface area contributed by atoms with Crippen LogP contribution in [0.3, 0.4) is 0 Å². The number of ether oxygens (including phenoxy) is 1. The van der Waals surface area contributed by atoms with Crippen LogP contribution in [0.25, 0.3) is 0 Å². The molecule has 0 fully saturated rings. The minimum Gasteiger partial charge on any atom is -0.493 e. The van der Waals surface area contributed by atoms with E-state index in [4.69, 9.17) is 22.7 Å². The molecule has 0 bridgehead atoms. The lowest BCUT2D eigenvalue weighted by atomic mass is 10.1. The predicted octanol–water partition coefficient (Wildman–Crippen LogP) is 3.90. The SMILES string of the molecule is CC(C)CCCOc1cc(Br)ccc1C(N)=S. The molecule has 0 aliphatic heterocycles. The smallest absolute Gasteiger partial charge is 0.130 e. The summed E-state index contributed by atoms with van der Waals surface area (Å²) in [7, 11) is 0. The van der Waals surface area contributed by atoms with Crippen molar-refractivity contribution in [3.63, 3.8) is 0 Å². The normalized spacial score (nSPS) is 10.6. The van der Waals surface area contributed by atoms with Gasteiger partial charge in [-0.05, 0) is 37.0 Å². The Morgan fingerprint density at radius 2 is 2.18 bits per heavy atom. The summed E-state index contributed by atoms with van der Waals surface area (Å²) in [4.78, 5) is 0.372. The summed E-state index contributed by atoms with van der Waals surface area (Å²) in [5.74, 6) is 1.46. The molecule has 0 heterocycles. The van der Waals surface area contributed by atoms with Crippen LogP contribution in [0, 0.1) is 5.92 Å². The lowest BCUT2D eigenvalue weighted by Crippen LogP contribution is -2.12. The summed E-state index contributed by atoms with van der Waals surface area (Å²) in [5.41, 5.74) is 6.45. The number of hydrogen-bond donors (Lipinski definition) is 1. The first-order valence-corrected chi connectivity index (χ1v) is 6.93. The number of rotatable bonds is 6. The molecule has 2 N–H and O–H groups in total. The van der Waals surface area contributed by atoms with Crippen molar-refractivity contribution in [1.82, 2.24) is 0 Å². The summed E-state index contributed by atoms with van der Waals surface area (Å²) < 4.78 is 6.70. The van der Waals surface area contributed by atoms with Crippen molar-refractivity contribution in [1.29, 1.82) is 0 Å². The molecule has 1 rings (SSSR count). The molecule has 0 amide bonds. The van der Waals surface area contributed by atoms with Crippen LogP contribution in [0.2, 0.25) is 0 Å². The predicted molar refractivity (Wildman–Crippen MR) is 79.6 cm³/mol. The Morgan fingerprint density at radius 1 is 1.47 bits per heavy atom. The van der Waals surface area contributed by atoms with Gasteiger partial charge in [-0.1, -0.05) is 42.0 Å². The van der Waals surface area contributed by atoms with Gasteiger partial charge >= 0.3 is 0 Å². The molecule has 94 valence electrons. The molecular weight excluding hydrogens is 298 g/mol. The van der Waals surface area contributed by atoms with Crippen molar-refractivity contribution in [2.75, 3.05) is 6.61 Å². The first kappa shape index (κ1) is 14.5. The van der Waals surface area contributed by atoms with Gasteiger partial charge in [-0.25, -0.2) is 0 Å². The third kappa shape index (κ3) is 5.04. The molecule has 0 spiro atoms. The lowest BCUT2D eigenvalue weighted by molar-refractivity contribution is 0.297. The van der Waals surface area contributed by atoms with Crippen LogP contribution in [-0.2, 0) is 0 Å². The third-order valence-corrected chi connectivity index (χ3v) is 3.11. The molecule has 17 heavy (non-hydrogen) atoms. The van der Waals surface area contributed by atoms with Crippen molar-refractivity contribution in [2.24, 2.45) is 11.7 Å². The van der Waals surface area contributed by atoms with E-state index in [-0.39, 0.29) is 0 Å². The Kier molecular flexibility index (Phi) is 5.92. The van der Waals surface area contributed by atoms with Gasteiger partial charge in [0, 0.05) is 4.47 Å². The van der Waals surface area contributed by atoms with Crippen molar-refractivity contribution >= 4 is 33.1 Å². The molecule has 0 aromatic heterocycles. The minimum atomic E-state index is 0.372. The number of benzene rings is 1. The van der Waals surface area contributed by atoms with Crippen LogP contribution in [0.4, 0.5) is 0 Å². The van der Waals surface area contributed by atoms with Crippen LogP contribution in [-0.4, -0.2) is 11.6 Å². The van der Waals surface area contributed by atoms with E-state index in [1.54, 1.807) is 0 Å². The topological polar surface area (TPSA) is 35.2 Å². The van der Waals surface area contributed by atoms with Gasteiger partial charge in [-0.2, -0.15) is 0 Å². The first-order valence-electron chi connectivity index (χ1n) is 5.73. The average molecular weight is 316 g/mol. The fraction of sp³-hybridized carbons (Fsp3) is 0.462. The summed E-state index contributed by atoms with van der Waals surface area (Å²) in [5, 5.41) is 0. The first-order chi connectivity index (χ1) is 8.00. The molecule has 0 aliphatic rings. The van der Waals surface area contributed by atoms with Crippen LogP contribution in [0.5, 0.6) is 5.75 Å². The molecule has 2 nitrogen and oxygen atoms in total. The van der Waals surface area contributed by atoms with Crippen LogP contribution in [0.1, 0.15) is 32.3 Å². The number of thiocarbonyl (C=S) groups is 1. The van der Waals surface area contributed by atoms with Gasteiger partial charge in [0.2, 0.25) is 0 Å². The van der Waals surface area contributed by atoms with Crippen molar-refractivity contribution in [2.45, 2.75) is 26.7 Å². The maximum absolute atomic E-state index is 5.73. The third-order valence-electron chi connectivity index (χ3n) is 2.39. The van der Waals surface area contributed by atoms with E-state index < -0.39 is 0 Å². The van der Waals surface area contributed by atoms with Gasteiger partial charge in [0.1, 0.15) is 10.7 Å². The van der Waals surface area contributed by atoms with E-state index in [2.05, 4.69) is 29.8 Å². The van der Waals surface area contributed by atoms with Crippen molar-refractivity contribution in [3.8, 4) is 5.75 Å². The van der Waals surface area contributed by atoms with Crippen molar-refractivity contribution < 1.29 is 4.74 Å². The maximum atomic E-state index is 5.73. The average Bonchev–Trinajstić information content (AvgIpc) is 2.23. The molecule has 1 aromatic rings. The molecule has 0 saturated heterocycles. The number of hydrogen-bond acceptors (Lipinski definition) is 2. The monoisotopic (exact) mass is 315 g/mol. The van der Waals surface area contributed by atoms with E-state index in [1.807, 2.05) is 18.2 Å². The zero-order valence-corrected chi connectivity index (χ0v) is 12.6. The van der Waals surface area contributed by atoms with Gasteiger partial charge in [-0.15, -0.1) is 0 Å². The van der Waals surface area contributed by atoms with E-state index in [0.717, 1.165) is 28.6 Å². The highest BCUT2D eigenvalue weighted by molar-refractivity contribution is 9.10. The second kappa shape index (κ2) is 6.97. The fourth-order valence-electron chi connectivity index (χ4n) is 1.49. The molecule has 0 atom stereocenters. The molecule has 0 radical (unpaired) electrons. The van der Waals surface area contributed by atoms with Crippen LogP contribution in [0.15, 0.2) is 22.7 Å². The zero-order valence-electron chi connectivity index (χ0n) is 10.2. The summed E-state index contributed by atoms with van der Waals surface area (Å²) in [6.07, 6.45) is 2.21. The van der Waals surface area contributed by atoms with E-state index in [1.165, 1.54) is 0 Å². The van der Waals surface area contributed by atoms with Gasteiger partial charge in [-0.3, -0.25) is 0 Å². The Balaban J connectivity index is 2.62. The van der Waals surface area contributed by atoms with Crippen LogP contribution < -0.4 is 10.5 Å². The Hall–Kier alpha value is -0.610. The fourth-order valence-corrected chi connectivity index (χ4v) is 2.00. The highest BCUT2D eigenvalue weighted by atomic mass is 79.9. The van der Waals surface area contributed by atoms with Gasteiger partial charge in [0.25, 0.3) is 0 Å². The number of halogens is 1. The Bertz CT molecular complexity index is 393. The quantitative estimate of drug-likeness (QED) is 0.638. The number of nitrogens with two attached hydrogens (primary N) is 1. The van der Waals surface area contributed by atoms with Crippen molar-refractivity contribution in [3.05, 3.63) is 28.2 Å². The molecule has 0 saturated carbocycles. The second-order valence-corrected chi connectivity index (χ2v) is 5.74. The van der Waals surface area contributed by atoms with E-state index in [9.17, 15) is 0 Å². The molecular formula is C13H18BrNOS. The van der Waals surface area contributed by atoms with Gasteiger partial charge in [0.05, 0.1) is 12.2 Å². The zero-order chi connectivity index (χ0) is 12.8.